The zero-order valence-corrected chi connectivity index (χ0v) is 15.2. The first kappa shape index (κ1) is 18.3. The minimum Gasteiger partial charge on any atom is -0.493 e. The van der Waals surface area contributed by atoms with Gasteiger partial charge in [-0.2, -0.15) is 0 Å². The van der Waals surface area contributed by atoms with Gasteiger partial charge < -0.3 is 15.2 Å². The van der Waals surface area contributed by atoms with E-state index in [0.717, 1.165) is 34.5 Å². The maximum absolute atomic E-state index is 6.07. The van der Waals surface area contributed by atoms with Gasteiger partial charge >= 0.3 is 0 Å². The van der Waals surface area contributed by atoms with Crippen LogP contribution in [0.2, 0.25) is 0 Å². The Hall–Kier alpha value is -0.780. The second kappa shape index (κ2) is 8.61. The van der Waals surface area contributed by atoms with E-state index in [1.54, 1.807) is 14.2 Å². The monoisotopic (exact) mass is 358 g/mol. The second-order valence-electron chi connectivity index (χ2n) is 5.31. The summed E-state index contributed by atoms with van der Waals surface area (Å²) in [5.41, 5.74) is 7.21. The van der Waals surface area contributed by atoms with Crippen molar-refractivity contribution in [2.75, 3.05) is 27.3 Å². The predicted octanol–water partition coefficient (Wildman–Crippen LogP) is 3.59. The molecule has 1 unspecified atom stereocenters. The lowest BCUT2D eigenvalue weighted by atomic mass is 10.0. The van der Waals surface area contributed by atoms with E-state index in [-0.39, 0.29) is 6.04 Å². The Morgan fingerprint density at radius 1 is 1.19 bits per heavy atom. The third kappa shape index (κ3) is 4.34. The molecule has 0 fully saturated rings. The summed E-state index contributed by atoms with van der Waals surface area (Å²) in [5, 5.41) is 0. The number of benzene rings is 1. The lowest BCUT2D eigenvalue weighted by molar-refractivity contribution is 0.156. The van der Waals surface area contributed by atoms with E-state index in [2.05, 4.69) is 41.6 Å². The Morgan fingerprint density at radius 3 is 2.19 bits per heavy atom. The van der Waals surface area contributed by atoms with Crippen molar-refractivity contribution in [3.8, 4) is 11.5 Å². The Bertz CT molecular complexity index is 452. The van der Waals surface area contributed by atoms with Crippen LogP contribution in [0.3, 0.4) is 0 Å². The largest absolute Gasteiger partial charge is 0.493 e. The number of nitrogens with zero attached hydrogens (tertiary/aromatic N) is 1. The molecule has 0 bridgehead atoms. The van der Waals surface area contributed by atoms with Crippen LogP contribution in [0.5, 0.6) is 11.5 Å². The average molecular weight is 359 g/mol. The maximum Gasteiger partial charge on any atom is 0.161 e. The number of rotatable bonds is 8. The first-order valence-corrected chi connectivity index (χ1v) is 8.16. The molecule has 120 valence electrons. The molecule has 4 nitrogen and oxygen atoms in total. The number of nitrogens with two attached hydrogens (primary N) is 1. The molecule has 0 amide bonds. The van der Waals surface area contributed by atoms with E-state index in [4.69, 9.17) is 15.2 Å². The van der Waals surface area contributed by atoms with Crippen LogP contribution in [0.4, 0.5) is 0 Å². The number of halogens is 1. The molecule has 0 aromatic heterocycles. The van der Waals surface area contributed by atoms with Crippen molar-refractivity contribution in [2.24, 2.45) is 5.73 Å². The van der Waals surface area contributed by atoms with E-state index in [1.165, 1.54) is 0 Å². The van der Waals surface area contributed by atoms with Crippen molar-refractivity contribution >= 4 is 15.9 Å². The summed E-state index contributed by atoms with van der Waals surface area (Å²) >= 11 is 3.64. The molecule has 5 heteroatoms. The van der Waals surface area contributed by atoms with Gasteiger partial charge in [-0.25, -0.2) is 0 Å². The van der Waals surface area contributed by atoms with Gasteiger partial charge in [0.1, 0.15) is 0 Å². The van der Waals surface area contributed by atoms with Crippen molar-refractivity contribution in [1.82, 2.24) is 4.90 Å². The Balaban J connectivity index is 3.26. The predicted molar refractivity (Wildman–Crippen MR) is 91.2 cm³/mol. The number of methoxy groups -OCH3 is 2. The SMILES string of the molecule is CCCN(C(C)C)C(CN)c1cc(OC)c(OC)cc1Br. The van der Waals surface area contributed by atoms with Gasteiger partial charge in [0.15, 0.2) is 11.5 Å². The van der Waals surface area contributed by atoms with Gasteiger partial charge in [0.25, 0.3) is 0 Å². The summed E-state index contributed by atoms with van der Waals surface area (Å²) in [6.45, 7) is 8.17. The van der Waals surface area contributed by atoms with Crippen LogP contribution in [-0.4, -0.2) is 38.3 Å². The molecule has 2 N–H and O–H groups in total. The maximum atomic E-state index is 6.07. The molecule has 0 aliphatic heterocycles. The highest BCUT2D eigenvalue weighted by molar-refractivity contribution is 9.10. The van der Waals surface area contributed by atoms with Gasteiger partial charge in [0.2, 0.25) is 0 Å². The van der Waals surface area contributed by atoms with Crippen LogP contribution in [0.1, 0.15) is 38.8 Å². The second-order valence-corrected chi connectivity index (χ2v) is 6.17. The van der Waals surface area contributed by atoms with Crippen LogP contribution in [-0.2, 0) is 0 Å². The molecule has 1 atom stereocenters. The highest BCUT2D eigenvalue weighted by Crippen LogP contribution is 2.38. The third-order valence-electron chi connectivity index (χ3n) is 3.63. The van der Waals surface area contributed by atoms with Gasteiger partial charge in [-0.1, -0.05) is 22.9 Å². The van der Waals surface area contributed by atoms with Crippen LogP contribution in [0.25, 0.3) is 0 Å². The molecule has 0 aliphatic rings. The van der Waals surface area contributed by atoms with Crippen molar-refractivity contribution in [1.29, 1.82) is 0 Å². The molecular weight excluding hydrogens is 332 g/mol. The van der Waals surface area contributed by atoms with Gasteiger partial charge in [-0.15, -0.1) is 0 Å². The zero-order chi connectivity index (χ0) is 16.0. The number of ether oxygens (including phenoxy) is 2. The van der Waals surface area contributed by atoms with Crippen molar-refractivity contribution in [2.45, 2.75) is 39.3 Å². The van der Waals surface area contributed by atoms with Crippen molar-refractivity contribution in [3.63, 3.8) is 0 Å². The molecule has 0 radical (unpaired) electrons. The van der Waals surface area contributed by atoms with Crippen LogP contribution < -0.4 is 15.2 Å². The first-order valence-electron chi connectivity index (χ1n) is 7.37. The smallest absolute Gasteiger partial charge is 0.161 e. The molecule has 0 spiro atoms. The molecule has 0 saturated carbocycles. The summed E-state index contributed by atoms with van der Waals surface area (Å²) in [5.74, 6) is 1.45. The summed E-state index contributed by atoms with van der Waals surface area (Å²) in [4.78, 5) is 2.42. The molecule has 21 heavy (non-hydrogen) atoms. The summed E-state index contributed by atoms with van der Waals surface area (Å²) in [6, 6.07) is 4.55. The highest BCUT2D eigenvalue weighted by Gasteiger charge is 2.24. The zero-order valence-electron chi connectivity index (χ0n) is 13.6. The molecule has 0 aliphatic carbocycles. The van der Waals surface area contributed by atoms with E-state index >= 15 is 0 Å². The van der Waals surface area contributed by atoms with Gasteiger partial charge in [-0.05, 0) is 44.5 Å². The molecule has 0 saturated heterocycles. The van der Waals surface area contributed by atoms with E-state index in [0.29, 0.717) is 12.6 Å². The standard InChI is InChI=1S/C16H27BrN2O2/c1-6-7-19(11(2)3)14(10-18)12-8-15(20-4)16(21-5)9-13(12)17/h8-9,11,14H,6-7,10,18H2,1-5H3. The van der Waals surface area contributed by atoms with Gasteiger partial charge in [0, 0.05) is 23.1 Å². The van der Waals surface area contributed by atoms with E-state index < -0.39 is 0 Å². The lowest BCUT2D eigenvalue weighted by Crippen LogP contribution is -2.39. The molecule has 1 aromatic carbocycles. The Kier molecular flexibility index (Phi) is 7.49. The van der Waals surface area contributed by atoms with Gasteiger partial charge in [0.05, 0.1) is 14.2 Å². The van der Waals surface area contributed by atoms with Crippen molar-refractivity contribution in [3.05, 3.63) is 22.2 Å². The number of hydrogen-bond acceptors (Lipinski definition) is 4. The third-order valence-corrected chi connectivity index (χ3v) is 4.32. The minimum absolute atomic E-state index is 0.152. The molecule has 1 rings (SSSR count). The molecule has 1 aromatic rings. The highest BCUT2D eigenvalue weighted by atomic mass is 79.9. The topological polar surface area (TPSA) is 47.7 Å². The minimum atomic E-state index is 0.152. The van der Waals surface area contributed by atoms with Crippen LogP contribution >= 0.6 is 15.9 Å². The fraction of sp³-hybridized carbons (Fsp3) is 0.625. The van der Waals surface area contributed by atoms with Crippen molar-refractivity contribution < 1.29 is 9.47 Å². The Morgan fingerprint density at radius 2 is 1.76 bits per heavy atom. The fourth-order valence-electron chi connectivity index (χ4n) is 2.60. The summed E-state index contributed by atoms with van der Waals surface area (Å²) in [7, 11) is 3.29. The first-order chi connectivity index (χ1) is 9.99. The van der Waals surface area contributed by atoms with Crippen LogP contribution in [0, 0.1) is 0 Å². The normalized spacial score (nSPS) is 12.8. The Labute approximate surface area is 136 Å². The van der Waals surface area contributed by atoms with Gasteiger partial charge in [-0.3, -0.25) is 4.90 Å². The fourth-order valence-corrected chi connectivity index (χ4v) is 3.19. The molecule has 0 heterocycles. The number of hydrogen-bond donors (Lipinski definition) is 1. The molecular formula is C16H27BrN2O2. The average Bonchev–Trinajstić information content (AvgIpc) is 2.47. The quantitative estimate of drug-likeness (QED) is 0.771. The summed E-state index contributed by atoms with van der Waals surface area (Å²) in [6.07, 6.45) is 1.10. The van der Waals surface area contributed by atoms with Crippen LogP contribution in [0.15, 0.2) is 16.6 Å². The summed E-state index contributed by atoms with van der Waals surface area (Å²) < 4.78 is 11.8. The van der Waals surface area contributed by atoms with E-state index in [1.807, 2.05) is 12.1 Å². The lowest BCUT2D eigenvalue weighted by Gasteiger charge is -2.35. The van der Waals surface area contributed by atoms with E-state index in [9.17, 15) is 0 Å².